The summed E-state index contributed by atoms with van der Waals surface area (Å²) in [6.45, 7) is 5.95. The normalized spacial score (nSPS) is 14.8. The molecule has 1 aliphatic heterocycles. The molecule has 0 spiro atoms. The molecular weight excluding hydrogens is 422 g/mol. The summed E-state index contributed by atoms with van der Waals surface area (Å²) in [5.74, 6) is 0.0102. The second-order valence-corrected chi connectivity index (χ2v) is 8.55. The van der Waals surface area contributed by atoms with Crippen LogP contribution in [0.5, 0.6) is 0 Å². The number of halogens is 1. The van der Waals surface area contributed by atoms with E-state index >= 15 is 0 Å². The molecule has 0 unspecified atom stereocenters. The van der Waals surface area contributed by atoms with Gasteiger partial charge in [-0.25, -0.2) is 9.50 Å². The number of nitrogens with zero attached hydrogens (tertiary/aromatic N) is 5. The third-order valence-corrected chi connectivity index (χ3v) is 6.28. The molecule has 1 saturated heterocycles. The Morgan fingerprint density at radius 3 is 2.53 bits per heavy atom. The number of amides is 1. The van der Waals surface area contributed by atoms with E-state index < -0.39 is 0 Å². The van der Waals surface area contributed by atoms with Crippen LogP contribution in [0.15, 0.2) is 67.0 Å². The molecule has 2 aromatic carbocycles. The van der Waals surface area contributed by atoms with Crippen LogP contribution in [-0.4, -0.2) is 56.5 Å². The molecule has 0 radical (unpaired) electrons. The highest BCUT2D eigenvalue weighted by molar-refractivity contribution is 6.30. The van der Waals surface area contributed by atoms with Crippen molar-refractivity contribution in [1.29, 1.82) is 0 Å². The van der Waals surface area contributed by atoms with E-state index in [0.717, 1.165) is 36.5 Å². The first-order valence-electron chi connectivity index (χ1n) is 10.7. The summed E-state index contributed by atoms with van der Waals surface area (Å²) >= 11 is 6.15. The van der Waals surface area contributed by atoms with E-state index in [4.69, 9.17) is 11.6 Å². The minimum Gasteiger partial charge on any atom is -0.336 e. The van der Waals surface area contributed by atoms with Crippen molar-refractivity contribution in [3.63, 3.8) is 0 Å². The minimum atomic E-state index is 0.0102. The lowest BCUT2D eigenvalue weighted by atomic mass is 10.1. The number of piperazine rings is 1. The molecule has 1 fully saturated rings. The zero-order valence-electron chi connectivity index (χ0n) is 17.9. The Morgan fingerprint density at radius 2 is 1.78 bits per heavy atom. The molecule has 6 nitrogen and oxygen atoms in total. The van der Waals surface area contributed by atoms with Crippen LogP contribution < -0.4 is 0 Å². The fourth-order valence-electron chi connectivity index (χ4n) is 4.24. The molecule has 4 aromatic rings. The van der Waals surface area contributed by atoms with E-state index in [2.05, 4.69) is 39.2 Å². The second kappa shape index (κ2) is 8.73. The lowest BCUT2D eigenvalue weighted by Crippen LogP contribution is -2.48. The summed E-state index contributed by atoms with van der Waals surface area (Å²) in [6, 6.07) is 18.1. The number of hydrogen-bond donors (Lipinski definition) is 0. The monoisotopic (exact) mass is 445 g/mol. The molecule has 0 aliphatic carbocycles. The van der Waals surface area contributed by atoms with Crippen molar-refractivity contribution in [2.75, 3.05) is 26.2 Å². The Labute approximate surface area is 192 Å². The van der Waals surface area contributed by atoms with Gasteiger partial charge >= 0.3 is 0 Å². The lowest BCUT2D eigenvalue weighted by Gasteiger charge is -2.35. The summed E-state index contributed by atoms with van der Waals surface area (Å²) < 4.78 is 1.75. The standard InChI is InChI=1S/C25H24ClN5O/c1-18-22(15-27-24-23(16-28-31(18)24)20-8-5-9-21(26)14-20)25(32)30-12-10-29(11-13-30)17-19-6-3-2-4-7-19/h2-9,14-16H,10-13,17H2,1H3. The predicted molar refractivity (Wildman–Crippen MR) is 126 cm³/mol. The number of aryl methyl sites for hydroxylation is 1. The Kier molecular flexibility index (Phi) is 5.64. The van der Waals surface area contributed by atoms with Gasteiger partial charge in [-0.1, -0.05) is 54.1 Å². The first kappa shape index (κ1) is 20.7. The topological polar surface area (TPSA) is 53.7 Å². The fourth-order valence-corrected chi connectivity index (χ4v) is 4.43. The molecule has 0 saturated carbocycles. The number of aromatic nitrogens is 3. The van der Waals surface area contributed by atoms with Gasteiger partial charge in [0.25, 0.3) is 5.91 Å². The molecule has 1 aliphatic rings. The van der Waals surface area contributed by atoms with Crippen LogP contribution in [0.25, 0.3) is 16.8 Å². The van der Waals surface area contributed by atoms with E-state index in [1.54, 1.807) is 16.9 Å². The van der Waals surface area contributed by atoms with Crippen LogP contribution >= 0.6 is 11.6 Å². The first-order chi connectivity index (χ1) is 15.6. The summed E-state index contributed by atoms with van der Waals surface area (Å²) in [4.78, 5) is 22.2. The molecule has 7 heteroatoms. The first-order valence-corrected chi connectivity index (χ1v) is 11.1. The molecule has 0 bridgehead atoms. The summed E-state index contributed by atoms with van der Waals surface area (Å²) in [5, 5.41) is 5.17. The molecule has 0 N–H and O–H groups in total. The largest absolute Gasteiger partial charge is 0.336 e. The van der Waals surface area contributed by atoms with Gasteiger partial charge in [0.05, 0.1) is 17.5 Å². The van der Waals surface area contributed by atoms with Crippen LogP contribution in [0.1, 0.15) is 21.6 Å². The van der Waals surface area contributed by atoms with Crippen molar-refractivity contribution in [3.05, 3.63) is 88.8 Å². The molecular formula is C25H24ClN5O. The average Bonchev–Trinajstić information content (AvgIpc) is 3.25. The Bertz CT molecular complexity index is 1260. The number of rotatable bonds is 4. The van der Waals surface area contributed by atoms with E-state index in [9.17, 15) is 4.79 Å². The smallest absolute Gasteiger partial charge is 0.257 e. The summed E-state index contributed by atoms with van der Waals surface area (Å²) in [7, 11) is 0. The summed E-state index contributed by atoms with van der Waals surface area (Å²) in [6.07, 6.45) is 3.46. The average molecular weight is 446 g/mol. The third-order valence-electron chi connectivity index (χ3n) is 6.04. The van der Waals surface area contributed by atoms with Gasteiger partial charge in [-0.2, -0.15) is 5.10 Å². The quantitative estimate of drug-likeness (QED) is 0.469. The van der Waals surface area contributed by atoms with Crippen molar-refractivity contribution in [2.24, 2.45) is 0 Å². The van der Waals surface area contributed by atoms with Gasteiger partial charge in [0.15, 0.2) is 5.65 Å². The molecule has 32 heavy (non-hydrogen) atoms. The molecule has 1 amide bonds. The second-order valence-electron chi connectivity index (χ2n) is 8.12. The Morgan fingerprint density at radius 1 is 1.00 bits per heavy atom. The zero-order valence-corrected chi connectivity index (χ0v) is 18.7. The van der Waals surface area contributed by atoms with Gasteiger partial charge in [-0.3, -0.25) is 9.69 Å². The molecule has 162 valence electrons. The SMILES string of the molecule is Cc1c(C(=O)N2CCN(Cc3ccccc3)CC2)cnc2c(-c3cccc(Cl)c3)cnn12. The van der Waals surface area contributed by atoms with Crippen LogP contribution in [0.2, 0.25) is 5.02 Å². The summed E-state index contributed by atoms with van der Waals surface area (Å²) in [5.41, 5.74) is 5.24. The van der Waals surface area contributed by atoms with Gasteiger partial charge in [-0.05, 0) is 30.2 Å². The Hall–Kier alpha value is -3.22. The predicted octanol–water partition coefficient (Wildman–Crippen LogP) is 4.32. The lowest BCUT2D eigenvalue weighted by molar-refractivity contribution is 0.0626. The molecule has 0 atom stereocenters. The zero-order chi connectivity index (χ0) is 22.1. The molecule has 5 rings (SSSR count). The number of benzene rings is 2. The minimum absolute atomic E-state index is 0.0102. The third kappa shape index (κ3) is 3.99. The number of hydrogen-bond acceptors (Lipinski definition) is 4. The Balaban J connectivity index is 1.33. The van der Waals surface area contributed by atoms with Crippen molar-refractivity contribution in [3.8, 4) is 11.1 Å². The van der Waals surface area contributed by atoms with Gasteiger partial charge < -0.3 is 4.90 Å². The number of fused-ring (bicyclic) bond motifs is 1. The number of carbonyl (C=O) groups is 1. The van der Waals surface area contributed by atoms with E-state index in [1.165, 1.54) is 5.56 Å². The maximum Gasteiger partial charge on any atom is 0.257 e. The van der Waals surface area contributed by atoms with Gasteiger partial charge in [0.1, 0.15) is 0 Å². The maximum atomic E-state index is 13.3. The van der Waals surface area contributed by atoms with Crippen molar-refractivity contribution in [1.82, 2.24) is 24.4 Å². The van der Waals surface area contributed by atoms with E-state index in [-0.39, 0.29) is 5.91 Å². The highest BCUT2D eigenvalue weighted by atomic mass is 35.5. The van der Waals surface area contributed by atoms with Gasteiger partial charge in [0.2, 0.25) is 0 Å². The molecule has 2 aromatic heterocycles. The number of carbonyl (C=O) groups excluding carboxylic acids is 1. The highest BCUT2D eigenvalue weighted by Gasteiger charge is 2.25. The van der Waals surface area contributed by atoms with Crippen LogP contribution in [0.3, 0.4) is 0 Å². The van der Waals surface area contributed by atoms with E-state index in [0.29, 0.717) is 29.3 Å². The fraction of sp³-hybridized carbons (Fsp3) is 0.240. The molecule has 3 heterocycles. The highest BCUT2D eigenvalue weighted by Crippen LogP contribution is 2.27. The van der Waals surface area contributed by atoms with Crippen molar-refractivity contribution < 1.29 is 4.79 Å². The van der Waals surface area contributed by atoms with Gasteiger partial charge in [-0.15, -0.1) is 0 Å². The van der Waals surface area contributed by atoms with Crippen LogP contribution in [-0.2, 0) is 6.54 Å². The van der Waals surface area contributed by atoms with Gasteiger partial charge in [0, 0.05) is 49.5 Å². The van der Waals surface area contributed by atoms with Crippen molar-refractivity contribution >= 4 is 23.2 Å². The van der Waals surface area contributed by atoms with Crippen LogP contribution in [0, 0.1) is 6.92 Å². The van der Waals surface area contributed by atoms with E-state index in [1.807, 2.05) is 42.2 Å². The van der Waals surface area contributed by atoms with Crippen molar-refractivity contribution in [2.45, 2.75) is 13.5 Å². The maximum absolute atomic E-state index is 13.3. The van der Waals surface area contributed by atoms with Crippen LogP contribution in [0.4, 0.5) is 0 Å².